The van der Waals surface area contributed by atoms with E-state index >= 15 is 0 Å². The van der Waals surface area contributed by atoms with Gasteiger partial charge < -0.3 is 5.32 Å². The summed E-state index contributed by atoms with van der Waals surface area (Å²) < 4.78 is 1.82. The number of nitrogens with one attached hydrogen (secondary N) is 1. The molecule has 3 rings (SSSR count). The molecule has 1 atom stereocenters. The number of nitriles is 1. The summed E-state index contributed by atoms with van der Waals surface area (Å²) in [7, 11) is 0. The van der Waals surface area contributed by atoms with E-state index in [1.807, 2.05) is 41.9 Å². The molecule has 2 aromatic heterocycles. The van der Waals surface area contributed by atoms with Crippen LogP contribution in [0.2, 0.25) is 0 Å². The minimum absolute atomic E-state index is 0.160. The first-order valence-corrected chi connectivity index (χ1v) is 7.24. The molecule has 0 unspecified atom stereocenters. The number of aromatic nitrogens is 3. The van der Waals surface area contributed by atoms with Crippen LogP contribution in [0.3, 0.4) is 0 Å². The van der Waals surface area contributed by atoms with Gasteiger partial charge in [0.25, 0.3) is 0 Å². The predicted octanol–water partition coefficient (Wildman–Crippen LogP) is 2.58. The van der Waals surface area contributed by atoms with Crippen molar-refractivity contribution < 1.29 is 4.79 Å². The van der Waals surface area contributed by atoms with Crippen LogP contribution in [0.5, 0.6) is 0 Å². The number of nitrogens with zero attached hydrogens (tertiary/aromatic N) is 4. The van der Waals surface area contributed by atoms with Crippen molar-refractivity contribution in [1.82, 2.24) is 14.8 Å². The number of benzene rings is 1. The lowest BCUT2D eigenvalue weighted by atomic mass is 10.1. The van der Waals surface area contributed by atoms with Crippen LogP contribution in [0.15, 0.2) is 48.9 Å². The summed E-state index contributed by atoms with van der Waals surface area (Å²) in [5.74, 6) is -0.453. The quantitative estimate of drug-likeness (QED) is 0.803. The second-order valence-electron chi connectivity index (χ2n) is 5.31. The van der Waals surface area contributed by atoms with Gasteiger partial charge in [-0.25, -0.2) is 0 Å². The molecule has 6 nitrogen and oxygen atoms in total. The highest BCUT2D eigenvalue weighted by atomic mass is 16.1. The van der Waals surface area contributed by atoms with Gasteiger partial charge in [-0.1, -0.05) is 25.1 Å². The molecule has 0 saturated carbocycles. The van der Waals surface area contributed by atoms with Crippen LogP contribution < -0.4 is 5.32 Å². The lowest BCUT2D eigenvalue weighted by Gasteiger charge is -2.13. The predicted molar refractivity (Wildman–Crippen MR) is 86.5 cm³/mol. The molecule has 3 aromatic rings. The van der Waals surface area contributed by atoms with E-state index in [4.69, 9.17) is 5.26 Å². The van der Waals surface area contributed by atoms with E-state index in [0.29, 0.717) is 17.8 Å². The maximum absolute atomic E-state index is 12.4. The first-order chi connectivity index (χ1) is 11.2. The molecule has 0 aliphatic carbocycles. The van der Waals surface area contributed by atoms with Crippen molar-refractivity contribution >= 4 is 22.5 Å². The number of carbonyl (C=O) groups excluding carboxylic acids is 1. The highest BCUT2D eigenvalue weighted by Crippen LogP contribution is 2.17. The van der Waals surface area contributed by atoms with Gasteiger partial charge in [-0.3, -0.25) is 14.5 Å². The van der Waals surface area contributed by atoms with E-state index in [2.05, 4.69) is 15.4 Å². The Bertz CT molecular complexity index is 893. The van der Waals surface area contributed by atoms with Crippen molar-refractivity contribution in [2.75, 3.05) is 5.32 Å². The molecular weight excluding hydrogens is 290 g/mol. The molecule has 1 N–H and O–H groups in total. The average molecular weight is 305 g/mol. The van der Waals surface area contributed by atoms with Crippen LogP contribution in [0.25, 0.3) is 10.9 Å². The number of rotatable bonds is 4. The zero-order valence-corrected chi connectivity index (χ0v) is 12.6. The Labute approximate surface area is 133 Å². The summed E-state index contributed by atoms with van der Waals surface area (Å²) in [6.45, 7) is 2.30. The van der Waals surface area contributed by atoms with Gasteiger partial charge in [0.15, 0.2) is 0 Å². The van der Waals surface area contributed by atoms with Gasteiger partial charge in [0.05, 0.1) is 35.4 Å². The topological polar surface area (TPSA) is 83.6 Å². The lowest BCUT2D eigenvalue weighted by Crippen LogP contribution is -2.25. The van der Waals surface area contributed by atoms with Crippen molar-refractivity contribution in [2.45, 2.75) is 13.5 Å². The Morgan fingerprint density at radius 3 is 3.00 bits per heavy atom. The Hall–Kier alpha value is -3.20. The summed E-state index contributed by atoms with van der Waals surface area (Å²) in [4.78, 5) is 16.2. The molecule has 23 heavy (non-hydrogen) atoms. The van der Waals surface area contributed by atoms with Crippen LogP contribution in [0, 0.1) is 17.2 Å². The van der Waals surface area contributed by atoms with E-state index < -0.39 is 0 Å². The molecule has 0 radical (unpaired) electrons. The molecule has 0 bridgehead atoms. The molecule has 1 aromatic carbocycles. The molecule has 0 aliphatic rings. The molecule has 1 amide bonds. The molecule has 2 heterocycles. The van der Waals surface area contributed by atoms with E-state index in [1.165, 1.54) is 6.20 Å². The fraction of sp³-hybridized carbons (Fsp3) is 0.176. The van der Waals surface area contributed by atoms with Crippen molar-refractivity contribution in [2.24, 2.45) is 5.92 Å². The van der Waals surface area contributed by atoms with Gasteiger partial charge in [0.2, 0.25) is 5.91 Å². The van der Waals surface area contributed by atoms with Gasteiger partial charge in [-0.2, -0.15) is 10.4 Å². The van der Waals surface area contributed by atoms with Gasteiger partial charge in [-0.05, 0) is 12.1 Å². The SMILES string of the molecule is C[C@H](Cn1ncc2ccccc21)C(=O)Nc1ccncc1C#N. The van der Waals surface area contributed by atoms with Crippen molar-refractivity contribution in [1.29, 1.82) is 5.26 Å². The van der Waals surface area contributed by atoms with Crippen LogP contribution in [0.1, 0.15) is 12.5 Å². The van der Waals surface area contributed by atoms with E-state index in [0.717, 1.165) is 10.9 Å². The lowest BCUT2D eigenvalue weighted by molar-refractivity contribution is -0.119. The average Bonchev–Trinajstić information content (AvgIpc) is 2.98. The van der Waals surface area contributed by atoms with Crippen LogP contribution in [-0.4, -0.2) is 20.7 Å². The minimum atomic E-state index is -0.294. The van der Waals surface area contributed by atoms with E-state index in [-0.39, 0.29) is 11.8 Å². The monoisotopic (exact) mass is 305 g/mol. The second kappa shape index (κ2) is 6.28. The summed E-state index contributed by atoms with van der Waals surface area (Å²) in [5.41, 5.74) is 1.82. The van der Waals surface area contributed by atoms with Gasteiger partial charge >= 0.3 is 0 Å². The Balaban J connectivity index is 1.74. The number of fused-ring (bicyclic) bond motifs is 1. The number of carbonyl (C=O) groups is 1. The third-order valence-corrected chi connectivity index (χ3v) is 3.64. The molecule has 0 fully saturated rings. The summed E-state index contributed by atoms with van der Waals surface area (Å²) in [6, 6.07) is 11.5. The Kier molecular flexibility index (Phi) is 4.02. The van der Waals surface area contributed by atoms with Crippen LogP contribution in [-0.2, 0) is 11.3 Å². The number of anilines is 1. The number of amides is 1. The zero-order valence-electron chi connectivity index (χ0n) is 12.6. The summed E-state index contributed by atoms with van der Waals surface area (Å²) >= 11 is 0. The third kappa shape index (κ3) is 3.04. The highest BCUT2D eigenvalue weighted by molar-refractivity contribution is 5.93. The third-order valence-electron chi connectivity index (χ3n) is 3.64. The number of pyridine rings is 1. The van der Waals surface area contributed by atoms with Crippen molar-refractivity contribution in [3.63, 3.8) is 0 Å². The van der Waals surface area contributed by atoms with Gasteiger partial charge in [0, 0.05) is 17.8 Å². The van der Waals surface area contributed by atoms with Crippen molar-refractivity contribution in [3.05, 3.63) is 54.5 Å². The standard InChI is InChI=1S/C17H15N5O/c1-12(11-22-16-5-3-2-4-13(16)10-20-22)17(23)21-15-6-7-19-9-14(15)8-18/h2-7,9-10,12H,11H2,1H3,(H,19,21,23)/t12-/m1/s1. The molecule has 114 valence electrons. The zero-order chi connectivity index (χ0) is 16.2. The van der Waals surface area contributed by atoms with Gasteiger partial charge in [0.1, 0.15) is 6.07 Å². The van der Waals surface area contributed by atoms with Gasteiger partial charge in [-0.15, -0.1) is 0 Å². The fourth-order valence-corrected chi connectivity index (χ4v) is 2.36. The normalized spacial score (nSPS) is 11.8. The smallest absolute Gasteiger partial charge is 0.229 e. The van der Waals surface area contributed by atoms with Crippen LogP contribution >= 0.6 is 0 Å². The number of hydrogen-bond donors (Lipinski definition) is 1. The summed E-state index contributed by atoms with van der Waals surface area (Å²) in [5, 5.41) is 17.2. The first kappa shape index (κ1) is 14.7. The van der Waals surface area contributed by atoms with E-state index in [9.17, 15) is 4.79 Å². The van der Waals surface area contributed by atoms with Crippen molar-refractivity contribution in [3.8, 4) is 6.07 Å². The molecule has 0 aliphatic heterocycles. The molecule has 0 saturated heterocycles. The first-order valence-electron chi connectivity index (χ1n) is 7.24. The molecule has 6 heteroatoms. The molecular formula is C17H15N5O. The Morgan fingerprint density at radius 1 is 1.35 bits per heavy atom. The Morgan fingerprint density at radius 2 is 2.17 bits per heavy atom. The number of para-hydroxylation sites is 1. The maximum Gasteiger partial charge on any atom is 0.229 e. The molecule has 0 spiro atoms. The maximum atomic E-state index is 12.4. The number of hydrogen-bond acceptors (Lipinski definition) is 4. The summed E-state index contributed by atoms with van der Waals surface area (Å²) in [6.07, 6.45) is 4.76. The largest absolute Gasteiger partial charge is 0.325 e. The van der Waals surface area contributed by atoms with E-state index in [1.54, 1.807) is 18.5 Å². The second-order valence-corrected chi connectivity index (χ2v) is 5.31. The van der Waals surface area contributed by atoms with Crippen LogP contribution in [0.4, 0.5) is 5.69 Å². The fourth-order valence-electron chi connectivity index (χ4n) is 2.36. The minimum Gasteiger partial charge on any atom is -0.325 e. The highest BCUT2D eigenvalue weighted by Gasteiger charge is 2.16.